The summed E-state index contributed by atoms with van der Waals surface area (Å²) in [6.07, 6.45) is 0.124. The number of rotatable bonds is 6. The Bertz CT molecular complexity index is 802. The molecule has 0 bridgehead atoms. The van der Waals surface area contributed by atoms with Crippen molar-refractivity contribution >= 4 is 29.2 Å². The van der Waals surface area contributed by atoms with Gasteiger partial charge in [-0.3, -0.25) is 10.1 Å². The van der Waals surface area contributed by atoms with Crippen LogP contribution < -0.4 is 15.4 Å². The number of thiocarbonyl (C=S) groups is 1. The summed E-state index contributed by atoms with van der Waals surface area (Å²) in [5, 5.41) is 5.81. The topological polar surface area (TPSA) is 76.7 Å². The molecule has 142 valence electrons. The van der Waals surface area contributed by atoms with Crippen molar-refractivity contribution in [3.05, 3.63) is 65.2 Å². The molecule has 0 aliphatic rings. The van der Waals surface area contributed by atoms with Gasteiger partial charge in [0.25, 0.3) is 5.91 Å². The van der Waals surface area contributed by atoms with E-state index >= 15 is 0 Å². The Labute approximate surface area is 163 Å². The van der Waals surface area contributed by atoms with E-state index in [9.17, 15) is 9.59 Å². The lowest BCUT2D eigenvalue weighted by atomic mass is 10.1. The number of benzene rings is 2. The van der Waals surface area contributed by atoms with Gasteiger partial charge in [0.2, 0.25) is 0 Å². The van der Waals surface area contributed by atoms with Gasteiger partial charge in [-0.05, 0) is 68.0 Å². The van der Waals surface area contributed by atoms with Crippen molar-refractivity contribution in [1.29, 1.82) is 0 Å². The molecule has 6 nitrogen and oxygen atoms in total. The van der Waals surface area contributed by atoms with E-state index in [2.05, 4.69) is 15.4 Å². The monoisotopic (exact) mass is 386 g/mol. The predicted molar refractivity (Wildman–Crippen MR) is 107 cm³/mol. The lowest BCUT2D eigenvalue weighted by Crippen LogP contribution is -2.38. The van der Waals surface area contributed by atoms with Crippen LogP contribution in [0.1, 0.15) is 40.1 Å². The van der Waals surface area contributed by atoms with Gasteiger partial charge in [0.1, 0.15) is 5.75 Å². The summed E-state index contributed by atoms with van der Waals surface area (Å²) in [7, 11) is 1.30. The molecule has 0 aliphatic heterocycles. The Hall–Kier alpha value is -2.93. The zero-order chi connectivity index (χ0) is 19.8. The number of carbonyl (C=O) groups excluding carboxylic acids is 2. The first-order valence-corrected chi connectivity index (χ1v) is 8.83. The van der Waals surface area contributed by atoms with E-state index in [1.807, 2.05) is 38.1 Å². The minimum absolute atomic E-state index is 0.124. The SMILES string of the molecule is COC(=O)c1ccc(C(=O)NC(=S)NCc2ccc(OC(C)C)cc2)cc1. The van der Waals surface area contributed by atoms with Crippen LogP contribution in [0.15, 0.2) is 48.5 Å². The Morgan fingerprint density at radius 2 is 1.59 bits per heavy atom. The second-order valence-electron chi connectivity index (χ2n) is 6.02. The van der Waals surface area contributed by atoms with E-state index in [4.69, 9.17) is 17.0 Å². The predicted octanol–water partition coefficient (Wildman–Crippen LogP) is 3.06. The fraction of sp³-hybridized carbons (Fsp3) is 0.250. The van der Waals surface area contributed by atoms with E-state index < -0.39 is 5.97 Å². The highest BCUT2D eigenvalue weighted by Gasteiger charge is 2.10. The summed E-state index contributed by atoms with van der Waals surface area (Å²) in [5.41, 5.74) is 1.77. The van der Waals surface area contributed by atoms with Gasteiger partial charge < -0.3 is 14.8 Å². The van der Waals surface area contributed by atoms with Crippen LogP contribution in [0.3, 0.4) is 0 Å². The van der Waals surface area contributed by atoms with Crippen LogP contribution in [-0.4, -0.2) is 30.2 Å². The van der Waals surface area contributed by atoms with Crippen molar-refractivity contribution in [1.82, 2.24) is 10.6 Å². The minimum Gasteiger partial charge on any atom is -0.491 e. The molecule has 0 spiro atoms. The molecular weight excluding hydrogens is 364 g/mol. The molecule has 0 heterocycles. The highest BCUT2D eigenvalue weighted by Crippen LogP contribution is 2.13. The van der Waals surface area contributed by atoms with Crippen LogP contribution in [0.5, 0.6) is 5.75 Å². The highest BCUT2D eigenvalue weighted by molar-refractivity contribution is 7.80. The summed E-state index contributed by atoms with van der Waals surface area (Å²) >= 11 is 5.16. The van der Waals surface area contributed by atoms with Gasteiger partial charge in [-0.1, -0.05) is 12.1 Å². The van der Waals surface area contributed by atoms with Crippen molar-refractivity contribution in [2.75, 3.05) is 7.11 Å². The first kappa shape index (κ1) is 20.4. The second kappa shape index (κ2) is 9.68. The third-order valence-corrected chi connectivity index (χ3v) is 3.79. The number of ether oxygens (including phenoxy) is 2. The van der Waals surface area contributed by atoms with Crippen molar-refractivity contribution < 1.29 is 19.1 Å². The van der Waals surface area contributed by atoms with Crippen LogP contribution in [0.2, 0.25) is 0 Å². The van der Waals surface area contributed by atoms with Crippen LogP contribution in [0.4, 0.5) is 0 Å². The third-order valence-electron chi connectivity index (χ3n) is 3.54. The van der Waals surface area contributed by atoms with Crippen LogP contribution >= 0.6 is 12.2 Å². The molecule has 2 aromatic rings. The minimum atomic E-state index is -0.455. The molecule has 0 fully saturated rings. The van der Waals surface area contributed by atoms with Crippen molar-refractivity contribution in [3.63, 3.8) is 0 Å². The Morgan fingerprint density at radius 3 is 2.15 bits per heavy atom. The molecule has 0 aliphatic carbocycles. The number of methoxy groups -OCH3 is 1. The van der Waals surface area contributed by atoms with Crippen LogP contribution in [0.25, 0.3) is 0 Å². The molecule has 0 saturated heterocycles. The standard InChI is InChI=1S/C20H22N2O4S/c1-13(2)26-17-10-4-14(5-11-17)12-21-20(27)22-18(23)15-6-8-16(9-7-15)19(24)25-3/h4-11,13H,12H2,1-3H3,(H2,21,22,23,27). The molecule has 0 aromatic heterocycles. The number of carbonyl (C=O) groups is 2. The molecule has 7 heteroatoms. The van der Waals surface area contributed by atoms with Crippen molar-refractivity contribution in [2.45, 2.75) is 26.5 Å². The first-order chi connectivity index (χ1) is 12.9. The van der Waals surface area contributed by atoms with Crippen molar-refractivity contribution in [3.8, 4) is 5.75 Å². The number of hydrogen-bond donors (Lipinski definition) is 2. The van der Waals surface area contributed by atoms with Gasteiger partial charge in [-0.2, -0.15) is 0 Å². The zero-order valence-electron chi connectivity index (χ0n) is 15.4. The van der Waals surface area contributed by atoms with E-state index in [1.165, 1.54) is 31.4 Å². The number of hydrogen-bond acceptors (Lipinski definition) is 5. The molecule has 0 unspecified atom stereocenters. The normalized spacial score (nSPS) is 10.2. The summed E-state index contributed by atoms with van der Waals surface area (Å²) < 4.78 is 10.2. The largest absolute Gasteiger partial charge is 0.491 e. The first-order valence-electron chi connectivity index (χ1n) is 8.42. The maximum Gasteiger partial charge on any atom is 0.337 e. The lowest BCUT2D eigenvalue weighted by Gasteiger charge is -2.12. The summed E-state index contributed by atoms with van der Waals surface area (Å²) in [5.74, 6) is -0.00594. The average Bonchev–Trinajstić information content (AvgIpc) is 2.66. The van der Waals surface area contributed by atoms with Gasteiger partial charge in [0.15, 0.2) is 5.11 Å². The maximum atomic E-state index is 12.2. The van der Waals surface area contributed by atoms with E-state index in [1.54, 1.807) is 0 Å². The smallest absolute Gasteiger partial charge is 0.337 e. The fourth-order valence-electron chi connectivity index (χ4n) is 2.24. The Morgan fingerprint density at radius 1 is 1.00 bits per heavy atom. The molecule has 0 saturated carbocycles. The number of nitrogens with one attached hydrogen (secondary N) is 2. The number of esters is 1. The zero-order valence-corrected chi connectivity index (χ0v) is 16.3. The number of amides is 1. The van der Waals surface area contributed by atoms with Crippen LogP contribution in [0, 0.1) is 0 Å². The van der Waals surface area contributed by atoms with Gasteiger partial charge >= 0.3 is 5.97 Å². The van der Waals surface area contributed by atoms with E-state index in [0.717, 1.165) is 11.3 Å². The quantitative estimate of drug-likeness (QED) is 0.587. The van der Waals surface area contributed by atoms with E-state index in [-0.39, 0.29) is 17.1 Å². The molecule has 0 atom stereocenters. The highest BCUT2D eigenvalue weighted by atomic mass is 32.1. The molecule has 0 radical (unpaired) electrons. The van der Waals surface area contributed by atoms with Gasteiger partial charge in [0, 0.05) is 12.1 Å². The molecule has 2 N–H and O–H groups in total. The summed E-state index contributed by atoms with van der Waals surface area (Å²) in [6.45, 7) is 4.42. The second-order valence-corrected chi connectivity index (χ2v) is 6.42. The molecule has 1 amide bonds. The summed E-state index contributed by atoms with van der Waals surface area (Å²) in [4.78, 5) is 23.6. The lowest BCUT2D eigenvalue weighted by molar-refractivity contribution is 0.0600. The molecule has 2 aromatic carbocycles. The Kier molecular flexibility index (Phi) is 7.31. The van der Waals surface area contributed by atoms with E-state index in [0.29, 0.717) is 17.7 Å². The average molecular weight is 386 g/mol. The van der Waals surface area contributed by atoms with Gasteiger partial charge in [0.05, 0.1) is 18.8 Å². The maximum absolute atomic E-state index is 12.2. The fourth-order valence-corrected chi connectivity index (χ4v) is 2.40. The molecule has 2 rings (SSSR count). The van der Waals surface area contributed by atoms with Crippen molar-refractivity contribution in [2.24, 2.45) is 0 Å². The summed E-state index contributed by atoms with van der Waals surface area (Å²) in [6, 6.07) is 13.8. The Balaban J connectivity index is 1.84. The van der Waals surface area contributed by atoms with Crippen LogP contribution in [-0.2, 0) is 11.3 Å². The molecular formula is C20H22N2O4S. The van der Waals surface area contributed by atoms with Gasteiger partial charge in [-0.15, -0.1) is 0 Å². The van der Waals surface area contributed by atoms with Gasteiger partial charge in [-0.25, -0.2) is 4.79 Å². The third kappa shape index (κ3) is 6.38. The molecule has 27 heavy (non-hydrogen) atoms.